The maximum atomic E-state index is 12.5. The summed E-state index contributed by atoms with van der Waals surface area (Å²) in [4.78, 5) is 28.5. The number of hydrogen-bond donors (Lipinski definition) is 0. The lowest BCUT2D eigenvalue weighted by atomic mass is 10.1. The van der Waals surface area contributed by atoms with Gasteiger partial charge in [-0.05, 0) is 48.5 Å². The molecule has 0 unspecified atom stereocenters. The Morgan fingerprint density at radius 2 is 1.12 bits per heavy atom. The Balaban J connectivity index is 1.61. The predicted molar refractivity (Wildman–Crippen MR) is 97.4 cm³/mol. The van der Waals surface area contributed by atoms with Gasteiger partial charge in [-0.25, -0.2) is 0 Å². The van der Waals surface area contributed by atoms with Gasteiger partial charge in [0, 0.05) is 46.8 Å². The van der Waals surface area contributed by atoms with E-state index in [0.717, 1.165) is 4.47 Å². The number of nitrogens with zero attached hydrogens (tertiary/aromatic N) is 2. The lowest BCUT2D eigenvalue weighted by Gasteiger charge is -2.35. The van der Waals surface area contributed by atoms with Crippen LogP contribution in [0.15, 0.2) is 53.0 Å². The van der Waals surface area contributed by atoms with Crippen LogP contribution in [-0.4, -0.2) is 47.8 Å². The summed E-state index contributed by atoms with van der Waals surface area (Å²) in [5.41, 5.74) is 1.28. The molecule has 4 nitrogen and oxygen atoms in total. The lowest BCUT2D eigenvalue weighted by molar-refractivity contribution is 0.0535. The van der Waals surface area contributed by atoms with E-state index in [4.69, 9.17) is 11.6 Å². The second-order valence-corrected chi connectivity index (χ2v) is 6.95. The number of carbonyl (C=O) groups is 2. The summed E-state index contributed by atoms with van der Waals surface area (Å²) in [7, 11) is 0. The molecule has 1 aliphatic heterocycles. The van der Waals surface area contributed by atoms with E-state index in [0.29, 0.717) is 42.3 Å². The van der Waals surface area contributed by atoms with Crippen LogP contribution in [0.1, 0.15) is 20.7 Å². The number of halogens is 2. The molecule has 0 aliphatic carbocycles. The van der Waals surface area contributed by atoms with Gasteiger partial charge in [0.2, 0.25) is 0 Å². The minimum absolute atomic E-state index is 0.00101. The van der Waals surface area contributed by atoms with Crippen molar-refractivity contribution in [3.8, 4) is 0 Å². The third-order valence-electron chi connectivity index (χ3n) is 4.04. The first-order valence-electron chi connectivity index (χ1n) is 7.64. The van der Waals surface area contributed by atoms with Gasteiger partial charge < -0.3 is 9.80 Å². The summed E-state index contributed by atoms with van der Waals surface area (Å²) in [5.74, 6) is -0.0245. The molecule has 2 aromatic carbocycles. The topological polar surface area (TPSA) is 40.6 Å². The molecule has 0 atom stereocenters. The highest BCUT2D eigenvalue weighted by atomic mass is 79.9. The van der Waals surface area contributed by atoms with Crippen LogP contribution in [0.2, 0.25) is 5.02 Å². The Labute approximate surface area is 154 Å². The van der Waals surface area contributed by atoms with E-state index in [-0.39, 0.29) is 11.8 Å². The fourth-order valence-electron chi connectivity index (χ4n) is 2.66. The highest BCUT2D eigenvalue weighted by Crippen LogP contribution is 2.16. The van der Waals surface area contributed by atoms with Gasteiger partial charge in [-0.15, -0.1) is 0 Å². The number of rotatable bonds is 2. The first-order valence-corrected chi connectivity index (χ1v) is 8.81. The van der Waals surface area contributed by atoms with Gasteiger partial charge in [-0.3, -0.25) is 9.59 Å². The zero-order chi connectivity index (χ0) is 17.1. The van der Waals surface area contributed by atoms with Crippen LogP contribution >= 0.6 is 27.5 Å². The van der Waals surface area contributed by atoms with Crippen molar-refractivity contribution in [2.75, 3.05) is 26.2 Å². The summed E-state index contributed by atoms with van der Waals surface area (Å²) < 4.78 is 0.942. The molecule has 1 heterocycles. The van der Waals surface area contributed by atoms with Gasteiger partial charge in [0.25, 0.3) is 11.8 Å². The zero-order valence-corrected chi connectivity index (χ0v) is 15.3. The van der Waals surface area contributed by atoms with Crippen molar-refractivity contribution < 1.29 is 9.59 Å². The smallest absolute Gasteiger partial charge is 0.253 e. The monoisotopic (exact) mass is 406 g/mol. The first kappa shape index (κ1) is 17.0. The Morgan fingerprint density at radius 1 is 0.750 bits per heavy atom. The van der Waals surface area contributed by atoms with Crippen LogP contribution in [0.25, 0.3) is 0 Å². The summed E-state index contributed by atoms with van der Waals surface area (Å²) >= 11 is 9.22. The Kier molecular flexibility index (Phi) is 5.21. The summed E-state index contributed by atoms with van der Waals surface area (Å²) in [6.07, 6.45) is 0. The number of amides is 2. The van der Waals surface area contributed by atoms with Gasteiger partial charge in [-0.2, -0.15) is 0 Å². The van der Waals surface area contributed by atoms with E-state index in [1.165, 1.54) is 0 Å². The fourth-order valence-corrected chi connectivity index (χ4v) is 3.05. The number of benzene rings is 2. The van der Waals surface area contributed by atoms with Gasteiger partial charge in [-0.1, -0.05) is 27.5 Å². The van der Waals surface area contributed by atoms with Crippen molar-refractivity contribution in [2.45, 2.75) is 0 Å². The van der Waals surface area contributed by atoms with Crippen LogP contribution in [0, 0.1) is 0 Å². The highest BCUT2D eigenvalue weighted by Gasteiger charge is 2.25. The Hall–Kier alpha value is -1.85. The van der Waals surface area contributed by atoms with Crippen LogP contribution in [-0.2, 0) is 0 Å². The van der Waals surface area contributed by atoms with Gasteiger partial charge >= 0.3 is 0 Å². The van der Waals surface area contributed by atoms with E-state index in [2.05, 4.69) is 15.9 Å². The maximum Gasteiger partial charge on any atom is 0.253 e. The van der Waals surface area contributed by atoms with E-state index < -0.39 is 0 Å². The number of piperazine rings is 1. The molecule has 2 aromatic rings. The predicted octanol–water partition coefficient (Wildman–Crippen LogP) is 3.70. The third-order valence-corrected chi connectivity index (χ3v) is 4.82. The molecule has 0 saturated carbocycles. The molecule has 0 N–H and O–H groups in total. The summed E-state index contributed by atoms with van der Waals surface area (Å²) in [5, 5.41) is 0.608. The molecule has 0 spiro atoms. The maximum absolute atomic E-state index is 12.5. The molecule has 6 heteroatoms. The van der Waals surface area contributed by atoms with Crippen LogP contribution in [0.5, 0.6) is 0 Å². The minimum Gasteiger partial charge on any atom is -0.335 e. The molecule has 0 bridgehead atoms. The Bertz CT molecular complexity index is 673. The zero-order valence-electron chi connectivity index (χ0n) is 12.9. The van der Waals surface area contributed by atoms with Crippen molar-refractivity contribution in [1.29, 1.82) is 0 Å². The molecule has 0 radical (unpaired) electrons. The van der Waals surface area contributed by atoms with E-state index in [9.17, 15) is 9.59 Å². The molecule has 1 saturated heterocycles. The van der Waals surface area contributed by atoms with Crippen LogP contribution in [0.3, 0.4) is 0 Å². The average molecular weight is 408 g/mol. The molecule has 124 valence electrons. The van der Waals surface area contributed by atoms with Crippen molar-refractivity contribution in [2.24, 2.45) is 0 Å². The molecule has 0 aromatic heterocycles. The van der Waals surface area contributed by atoms with E-state index in [1.807, 2.05) is 12.1 Å². The largest absolute Gasteiger partial charge is 0.335 e. The molecule has 3 rings (SSSR count). The second-order valence-electron chi connectivity index (χ2n) is 5.60. The minimum atomic E-state index is -0.0255. The molecule has 2 amide bonds. The van der Waals surface area contributed by atoms with Crippen molar-refractivity contribution >= 4 is 39.3 Å². The Morgan fingerprint density at radius 3 is 1.54 bits per heavy atom. The standard InChI is InChI=1S/C18H16BrClN2O2/c19-15-5-1-13(2-6-15)17(23)21-9-11-22(12-10-21)18(24)14-3-7-16(20)8-4-14/h1-8H,9-12H2. The van der Waals surface area contributed by atoms with Crippen LogP contribution in [0.4, 0.5) is 0 Å². The van der Waals surface area contributed by atoms with Crippen LogP contribution < -0.4 is 0 Å². The number of hydrogen-bond acceptors (Lipinski definition) is 2. The normalized spacial score (nSPS) is 14.6. The average Bonchev–Trinajstić information content (AvgIpc) is 2.62. The SMILES string of the molecule is O=C(c1ccc(Cl)cc1)N1CCN(C(=O)c2ccc(Br)cc2)CC1. The highest BCUT2D eigenvalue weighted by molar-refractivity contribution is 9.10. The quantitative estimate of drug-likeness (QED) is 0.761. The fraction of sp³-hybridized carbons (Fsp3) is 0.222. The van der Waals surface area contributed by atoms with Crippen molar-refractivity contribution in [1.82, 2.24) is 9.80 Å². The number of carbonyl (C=O) groups excluding carboxylic acids is 2. The molecular formula is C18H16BrClN2O2. The van der Waals surface area contributed by atoms with Crippen molar-refractivity contribution in [3.63, 3.8) is 0 Å². The summed E-state index contributed by atoms with van der Waals surface area (Å²) in [6, 6.07) is 14.2. The van der Waals surface area contributed by atoms with Gasteiger partial charge in [0.05, 0.1) is 0 Å². The summed E-state index contributed by atoms with van der Waals surface area (Å²) in [6.45, 7) is 2.13. The third kappa shape index (κ3) is 3.79. The molecule has 24 heavy (non-hydrogen) atoms. The molecular weight excluding hydrogens is 392 g/mol. The van der Waals surface area contributed by atoms with E-state index in [1.54, 1.807) is 46.2 Å². The van der Waals surface area contributed by atoms with Gasteiger partial charge in [0.1, 0.15) is 0 Å². The lowest BCUT2D eigenvalue weighted by Crippen LogP contribution is -2.50. The molecule has 1 aliphatic rings. The first-order chi connectivity index (χ1) is 11.5. The van der Waals surface area contributed by atoms with E-state index >= 15 is 0 Å². The second kappa shape index (κ2) is 7.36. The van der Waals surface area contributed by atoms with Crippen molar-refractivity contribution in [3.05, 3.63) is 69.2 Å². The molecule has 1 fully saturated rings. The van der Waals surface area contributed by atoms with Gasteiger partial charge in [0.15, 0.2) is 0 Å².